The fraction of sp³-hybridized carbons (Fsp3) is 0.212. The molecule has 2 heteroatoms. The molecule has 0 fully saturated rings. The first kappa shape index (κ1) is 24.3. The molecule has 0 saturated carbocycles. The van der Waals surface area contributed by atoms with Gasteiger partial charge in [-0.2, -0.15) is 0 Å². The van der Waals surface area contributed by atoms with Crippen molar-refractivity contribution in [1.29, 1.82) is 0 Å². The molecular weight excluding hydrogens is 424 g/mol. The van der Waals surface area contributed by atoms with E-state index in [1.165, 1.54) is 55.6 Å². The van der Waals surface area contributed by atoms with Crippen LogP contribution in [-0.4, -0.2) is 12.4 Å². The lowest BCUT2D eigenvalue weighted by atomic mass is 10.0. The number of hydrogen-bond donors (Lipinski definition) is 0. The highest BCUT2D eigenvalue weighted by molar-refractivity contribution is 5.86. The number of rotatable bonds is 6. The molecule has 4 rings (SSSR count). The fourth-order valence-corrected chi connectivity index (χ4v) is 4.70. The van der Waals surface area contributed by atoms with Crippen molar-refractivity contribution in [1.82, 2.24) is 0 Å². The molecule has 0 bridgehead atoms. The zero-order valence-electron chi connectivity index (χ0n) is 21.7. The maximum absolute atomic E-state index is 4.71. The van der Waals surface area contributed by atoms with Gasteiger partial charge in [0.1, 0.15) is 0 Å². The SMILES string of the molecule is Cc1cc(C)c(C=Nc2ccc(Cc3ccc(N=Cc4c(C)cc(C)cc4C)cc3)cc2)c(C)c1. The zero-order valence-corrected chi connectivity index (χ0v) is 21.7. The summed E-state index contributed by atoms with van der Waals surface area (Å²) in [5, 5.41) is 0. The van der Waals surface area contributed by atoms with Gasteiger partial charge in [0.05, 0.1) is 11.4 Å². The van der Waals surface area contributed by atoms with Gasteiger partial charge >= 0.3 is 0 Å². The maximum Gasteiger partial charge on any atom is 0.0630 e. The van der Waals surface area contributed by atoms with Gasteiger partial charge in [-0.15, -0.1) is 0 Å². The summed E-state index contributed by atoms with van der Waals surface area (Å²) in [6.07, 6.45) is 4.86. The Morgan fingerprint density at radius 3 is 1.11 bits per heavy atom. The van der Waals surface area contributed by atoms with Crippen molar-refractivity contribution in [2.75, 3.05) is 0 Å². The van der Waals surface area contributed by atoms with Gasteiger partial charge in [-0.3, -0.25) is 9.98 Å². The molecule has 0 radical (unpaired) electrons. The average molecular weight is 459 g/mol. The summed E-state index contributed by atoms with van der Waals surface area (Å²) in [5.74, 6) is 0. The van der Waals surface area contributed by atoms with E-state index in [4.69, 9.17) is 9.98 Å². The quantitative estimate of drug-likeness (QED) is 0.258. The lowest BCUT2D eigenvalue weighted by Crippen LogP contribution is -1.93. The lowest BCUT2D eigenvalue weighted by molar-refractivity contribution is 1.19. The second kappa shape index (κ2) is 10.7. The lowest BCUT2D eigenvalue weighted by Gasteiger charge is -2.07. The van der Waals surface area contributed by atoms with Gasteiger partial charge in [-0.1, -0.05) is 59.7 Å². The number of aliphatic imine (C=N–C) groups is 2. The second-order valence-electron chi connectivity index (χ2n) is 9.65. The van der Waals surface area contributed by atoms with Crippen LogP contribution in [-0.2, 0) is 6.42 Å². The molecule has 0 atom stereocenters. The third kappa shape index (κ3) is 6.22. The van der Waals surface area contributed by atoms with Crippen LogP contribution in [0, 0.1) is 41.5 Å². The van der Waals surface area contributed by atoms with E-state index in [9.17, 15) is 0 Å². The largest absolute Gasteiger partial charge is 0.256 e. The Morgan fingerprint density at radius 2 is 0.800 bits per heavy atom. The van der Waals surface area contributed by atoms with Crippen molar-refractivity contribution in [2.45, 2.75) is 48.0 Å². The molecule has 176 valence electrons. The summed E-state index contributed by atoms with van der Waals surface area (Å²) in [7, 11) is 0. The third-order valence-electron chi connectivity index (χ3n) is 6.44. The minimum atomic E-state index is 0.889. The summed E-state index contributed by atoms with van der Waals surface area (Å²) < 4.78 is 0. The molecule has 2 nitrogen and oxygen atoms in total. The molecule has 0 heterocycles. The Bertz CT molecular complexity index is 1230. The molecule has 4 aromatic rings. The summed E-state index contributed by atoms with van der Waals surface area (Å²) >= 11 is 0. The standard InChI is InChI=1S/C33H34N2/c1-22-15-24(3)32(25(4)16-22)20-34-30-11-7-28(8-12-30)19-29-9-13-31(14-10-29)35-21-33-26(5)17-23(2)18-27(33)6/h7-18,20-21H,19H2,1-6H3. The number of nitrogens with zero attached hydrogens (tertiary/aromatic N) is 2. The van der Waals surface area contributed by atoms with E-state index in [-0.39, 0.29) is 0 Å². The van der Waals surface area contributed by atoms with E-state index in [2.05, 4.69) is 114 Å². The van der Waals surface area contributed by atoms with Gasteiger partial charge < -0.3 is 0 Å². The molecule has 0 spiro atoms. The molecule has 0 aliphatic rings. The van der Waals surface area contributed by atoms with E-state index in [1.807, 2.05) is 12.4 Å². The third-order valence-corrected chi connectivity index (χ3v) is 6.44. The predicted molar refractivity (Wildman–Crippen MR) is 152 cm³/mol. The van der Waals surface area contributed by atoms with Crippen molar-refractivity contribution >= 4 is 23.8 Å². The first-order valence-electron chi connectivity index (χ1n) is 12.2. The number of benzene rings is 4. The van der Waals surface area contributed by atoms with Crippen molar-refractivity contribution < 1.29 is 0 Å². The highest BCUT2D eigenvalue weighted by atomic mass is 14.7. The van der Waals surface area contributed by atoms with E-state index >= 15 is 0 Å². The van der Waals surface area contributed by atoms with Crippen molar-refractivity contribution in [2.24, 2.45) is 9.98 Å². The van der Waals surface area contributed by atoms with Gasteiger partial charge in [0.25, 0.3) is 0 Å². The van der Waals surface area contributed by atoms with E-state index < -0.39 is 0 Å². The molecule has 0 saturated heterocycles. The summed E-state index contributed by atoms with van der Waals surface area (Å²) in [6, 6.07) is 25.9. The summed E-state index contributed by atoms with van der Waals surface area (Å²) in [4.78, 5) is 9.42. The normalized spacial score (nSPS) is 11.6. The molecule has 0 N–H and O–H groups in total. The van der Waals surface area contributed by atoms with Crippen LogP contribution < -0.4 is 0 Å². The molecule has 0 amide bonds. The first-order valence-corrected chi connectivity index (χ1v) is 12.2. The van der Waals surface area contributed by atoms with E-state index in [1.54, 1.807) is 0 Å². The summed E-state index contributed by atoms with van der Waals surface area (Å²) in [6.45, 7) is 12.8. The van der Waals surface area contributed by atoms with Crippen LogP contribution in [0.25, 0.3) is 0 Å². The van der Waals surface area contributed by atoms with E-state index in [0.29, 0.717) is 0 Å². The minimum Gasteiger partial charge on any atom is -0.256 e. The van der Waals surface area contributed by atoms with Gasteiger partial charge in [-0.05, 0) is 117 Å². The molecule has 0 unspecified atom stereocenters. The number of aryl methyl sites for hydroxylation is 6. The van der Waals surface area contributed by atoms with Crippen LogP contribution in [0.4, 0.5) is 11.4 Å². The Kier molecular flexibility index (Phi) is 7.41. The highest BCUT2D eigenvalue weighted by Gasteiger charge is 2.03. The Hall–Kier alpha value is -3.78. The van der Waals surface area contributed by atoms with Crippen LogP contribution in [0.5, 0.6) is 0 Å². The Morgan fingerprint density at radius 1 is 0.486 bits per heavy atom. The van der Waals surface area contributed by atoms with E-state index in [0.717, 1.165) is 17.8 Å². The molecule has 0 aromatic heterocycles. The van der Waals surface area contributed by atoms with Gasteiger partial charge in [0.15, 0.2) is 0 Å². The average Bonchev–Trinajstić information content (AvgIpc) is 2.80. The van der Waals surface area contributed by atoms with Gasteiger partial charge in [0.2, 0.25) is 0 Å². The number of hydrogen-bond acceptors (Lipinski definition) is 2. The highest BCUT2D eigenvalue weighted by Crippen LogP contribution is 2.21. The Balaban J connectivity index is 1.40. The first-order chi connectivity index (χ1) is 16.8. The van der Waals surface area contributed by atoms with Crippen LogP contribution in [0.15, 0.2) is 82.8 Å². The van der Waals surface area contributed by atoms with Gasteiger partial charge in [0, 0.05) is 12.4 Å². The molecule has 4 aromatic carbocycles. The van der Waals surface area contributed by atoms with Crippen LogP contribution in [0.3, 0.4) is 0 Å². The molecule has 35 heavy (non-hydrogen) atoms. The molecule has 0 aliphatic carbocycles. The molecular formula is C33H34N2. The second-order valence-corrected chi connectivity index (χ2v) is 9.65. The fourth-order valence-electron chi connectivity index (χ4n) is 4.70. The zero-order chi connectivity index (χ0) is 24.9. The van der Waals surface area contributed by atoms with Crippen LogP contribution in [0.1, 0.15) is 55.6 Å². The predicted octanol–water partition coefficient (Wildman–Crippen LogP) is 8.63. The van der Waals surface area contributed by atoms with Crippen LogP contribution in [0.2, 0.25) is 0 Å². The smallest absolute Gasteiger partial charge is 0.0630 e. The monoisotopic (exact) mass is 458 g/mol. The maximum atomic E-state index is 4.71. The van der Waals surface area contributed by atoms with Crippen molar-refractivity contribution in [3.05, 3.63) is 128 Å². The topological polar surface area (TPSA) is 24.7 Å². The Labute approximate surface area is 210 Å². The van der Waals surface area contributed by atoms with Crippen molar-refractivity contribution in [3.63, 3.8) is 0 Å². The van der Waals surface area contributed by atoms with Gasteiger partial charge in [-0.25, -0.2) is 0 Å². The summed E-state index contributed by atoms with van der Waals surface area (Å²) in [5.41, 5.74) is 14.5. The molecule has 0 aliphatic heterocycles. The minimum absolute atomic E-state index is 0.889. The van der Waals surface area contributed by atoms with Crippen molar-refractivity contribution in [3.8, 4) is 0 Å². The van der Waals surface area contributed by atoms with Crippen LogP contribution >= 0.6 is 0 Å².